The van der Waals surface area contributed by atoms with E-state index in [1.807, 2.05) is 25.1 Å². The third-order valence-electron chi connectivity index (χ3n) is 2.79. The van der Waals surface area contributed by atoms with Crippen molar-refractivity contribution in [3.05, 3.63) is 34.5 Å². The third-order valence-corrected chi connectivity index (χ3v) is 3.20. The van der Waals surface area contributed by atoms with Crippen LogP contribution in [0.1, 0.15) is 25.1 Å². The fourth-order valence-electron chi connectivity index (χ4n) is 1.96. The Balaban J connectivity index is 2.60. The first-order valence-electron chi connectivity index (χ1n) is 5.82. The summed E-state index contributed by atoms with van der Waals surface area (Å²) < 4.78 is 0. The van der Waals surface area contributed by atoms with Crippen molar-refractivity contribution in [3.8, 4) is 0 Å². The van der Waals surface area contributed by atoms with Gasteiger partial charge in [-0.3, -0.25) is 4.98 Å². The summed E-state index contributed by atoms with van der Waals surface area (Å²) in [6, 6.07) is 5.86. The smallest absolute Gasteiger partial charge is 0.0741 e. The zero-order valence-electron chi connectivity index (χ0n) is 10.4. The summed E-state index contributed by atoms with van der Waals surface area (Å²) in [5, 5.41) is 1.73. The number of nitrogen functional groups attached to an aromatic ring is 1. The Morgan fingerprint density at radius 3 is 2.65 bits per heavy atom. The highest BCUT2D eigenvalue weighted by Crippen LogP contribution is 2.27. The molecule has 0 unspecified atom stereocenters. The molecule has 0 saturated heterocycles. The molecule has 1 aromatic carbocycles. The number of fused-ring (bicyclic) bond motifs is 1. The quantitative estimate of drug-likeness (QED) is 0.873. The molecule has 1 heterocycles. The fraction of sp³-hybridized carbons (Fsp3) is 0.357. The molecule has 0 fully saturated rings. The van der Waals surface area contributed by atoms with E-state index in [1.165, 1.54) is 0 Å². The van der Waals surface area contributed by atoms with Crippen LogP contribution >= 0.6 is 11.6 Å². The molecule has 0 atom stereocenters. The average molecular weight is 249 g/mol. The van der Waals surface area contributed by atoms with Gasteiger partial charge in [0.2, 0.25) is 0 Å². The molecule has 0 bridgehead atoms. The second-order valence-corrected chi connectivity index (χ2v) is 5.33. The minimum atomic E-state index is 0.570. The monoisotopic (exact) mass is 248 g/mol. The third kappa shape index (κ3) is 2.52. The first kappa shape index (κ1) is 12.2. The molecule has 2 nitrogen and oxygen atoms in total. The second-order valence-electron chi connectivity index (χ2n) is 4.92. The van der Waals surface area contributed by atoms with Gasteiger partial charge in [-0.05, 0) is 43.0 Å². The van der Waals surface area contributed by atoms with Crippen molar-refractivity contribution in [1.82, 2.24) is 4.98 Å². The number of pyridine rings is 1. The van der Waals surface area contributed by atoms with Crippen LogP contribution in [0.3, 0.4) is 0 Å². The minimum absolute atomic E-state index is 0.570. The Bertz CT molecular complexity index is 562. The van der Waals surface area contributed by atoms with E-state index < -0.39 is 0 Å². The predicted molar refractivity (Wildman–Crippen MR) is 74.4 cm³/mol. The number of nitrogens with zero attached hydrogens (tertiary/aromatic N) is 1. The molecule has 0 saturated carbocycles. The summed E-state index contributed by atoms with van der Waals surface area (Å²) in [5.41, 5.74) is 9.80. The van der Waals surface area contributed by atoms with Gasteiger partial charge in [0.25, 0.3) is 0 Å². The van der Waals surface area contributed by atoms with Crippen molar-refractivity contribution in [2.24, 2.45) is 5.92 Å². The van der Waals surface area contributed by atoms with Crippen molar-refractivity contribution >= 4 is 28.2 Å². The van der Waals surface area contributed by atoms with Crippen LogP contribution in [-0.2, 0) is 6.42 Å². The molecule has 90 valence electrons. The van der Waals surface area contributed by atoms with E-state index in [4.69, 9.17) is 17.3 Å². The lowest BCUT2D eigenvalue weighted by Crippen LogP contribution is -2.00. The van der Waals surface area contributed by atoms with Crippen LogP contribution in [0.4, 0.5) is 5.69 Å². The number of aromatic nitrogens is 1. The van der Waals surface area contributed by atoms with Gasteiger partial charge in [-0.2, -0.15) is 0 Å². The molecule has 2 N–H and O–H groups in total. The number of rotatable bonds is 2. The molecule has 1 aromatic heterocycles. The summed E-state index contributed by atoms with van der Waals surface area (Å²) in [6.07, 6.45) is 0.936. The average Bonchev–Trinajstić information content (AvgIpc) is 2.20. The molecule has 0 radical (unpaired) electrons. The predicted octanol–water partition coefficient (Wildman–Crippen LogP) is 3.98. The standard InChI is InChI=1S/C14H17ClN2/c1-8(2)4-10-6-13(16)11-5-9(3)12(15)7-14(11)17-10/h5-8H,4H2,1-3H3,(H2,16,17). The van der Waals surface area contributed by atoms with Gasteiger partial charge in [0.1, 0.15) is 0 Å². The van der Waals surface area contributed by atoms with E-state index in [1.54, 1.807) is 0 Å². The second kappa shape index (κ2) is 4.53. The molecular weight excluding hydrogens is 232 g/mol. The van der Waals surface area contributed by atoms with Crippen molar-refractivity contribution < 1.29 is 0 Å². The molecule has 17 heavy (non-hydrogen) atoms. The summed E-state index contributed by atoms with van der Waals surface area (Å²) in [7, 11) is 0. The minimum Gasteiger partial charge on any atom is -0.398 e. The largest absolute Gasteiger partial charge is 0.398 e. The van der Waals surface area contributed by atoms with Crippen LogP contribution in [0.15, 0.2) is 18.2 Å². The molecular formula is C14H17ClN2. The van der Waals surface area contributed by atoms with Crippen LogP contribution in [0.25, 0.3) is 10.9 Å². The molecule has 0 aliphatic carbocycles. The summed E-state index contributed by atoms with van der Waals surface area (Å²) in [6.45, 7) is 6.32. The van der Waals surface area contributed by atoms with Crippen molar-refractivity contribution in [3.63, 3.8) is 0 Å². The Labute approximate surface area is 107 Å². The SMILES string of the molecule is Cc1cc2c(N)cc(CC(C)C)nc2cc1Cl. The van der Waals surface area contributed by atoms with Crippen LogP contribution in [0.5, 0.6) is 0 Å². The highest BCUT2D eigenvalue weighted by atomic mass is 35.5. The number of benzene rings is 1. The maximum atomic E-state index is 6.12. The topological polar surface area (TPSA) is 38.9 Å². The zero-order valence-corrected chi connectivity index (χ0v) is 11.2. The van der Waals surface area contributed by atoms with Gasteiger partial charge < -0.3 is 5.73 Å². The molecule has 2 rings (SSSR count). The summed E-state index contributed by atoms with van der Waals surface area (Å²) in [5.74, 6) is 0.570. The zero-order chi connectivity index (χ0) is 12.6. The van der Waals surface area contributed by atoms with Gasteiger partial charge in [-0.15, -0.1) is 0 Å². The Kier molecular flexibility index (Phi) is 3.25. The molecule has 3 heteroatoms. The Morgan fingerprint density at radius 1 is 1.29 bits per heavy atom. The first-order chi connectivity index (χ1) is 7.97. The maximum Gasteiger partial charge on any atom is 0.0741 e. The maximum absolute atomic E-state index is 6.12. The van der Waals surface area contributed by atoms with Crippen LogP contribution in [0.2, 0.25) is 5.02 Å². The number of hydrogen-bond donors (Lipinski definition) is 1. The molecule has 0 aliphatic heterocycles. The van der Waals surface area contributed by atoms with Crippen molar-refractivity contribution in [2.75, 3.05) is 5.73 Å². The lowest BCUT2D eigenvalue weighted by molar-refractivity contribution is 0.637. The first-order valence-corrected chi connectivity index (χ1v) is 6.20. The van der Waals surface area contributed by atoms with Crippen LogP contribution < -0.4 is 5.73 Å². The highest BCUT2D eigenvalue weighted by molar-refractivity contribution is 6.32. The van der Waals surface area contributed by atoms with E-state index in [0.29, 0.717) is 5.92 Å². The van der Waals surface area contributed by atoms with E-state index in [9.17, 15) is 0 Å². The molecule has 2 aromatic rings. The van der Waals surface area contributed by atoms with E-state index in [0.717, 1.165) is 39.3 Å². The summed E-state index contributed by atoms with van der Waals surface area (Å²) in [4.78, 5) is 4.61. The Hall–Kier alpha value is -1.28. The van der Waals surface area contributed by atoms with Gasteiger partial charge in [0.05, 0.1) is 5.52 Å². The van der Waals surface area contributed by atoms with Crippen molar-refractivity contribution in [2.45, 2.75) is 27.2 Å². The van der Waals surface area contributed by atoms with Crippen LogP contribution in [0, 0.1) is 12.8 Å². The van der Waals surface area contributed by atoms with E-state index in [2.05, 4.69) is 18.8 Å². The summed E-state index contributed by atoms with van der Waals surface area (Å²) >= 11 is 6.12. The van der Waals surface area contributed by atoms with Gasteiger partial charge in [-0.1, -0.05) is 25.4 Å². The number of anilines is 1. The van der Waals surface area contributed by atoms with E-state index >= 15 is 0 Å². The number of hydrogen-bond acceptors (Lipinski definition) is 2. The van der Waals surface area contributed by atoms with Gasteiger partial charge in [0.15, 0.2) is 0 Å². The normalized spacial score (nSPS) is 11.4. The Morgan fingerprint density at radius 2 is 2.00 bits per heavy atom. The van der Waals surface area contributed by atoms with Crippen molar-refractivity contribution in [1.29, 1.82) is 0 Å². The highest BCUT2D eigenvalue weighted by Gasteiger charge is 2.07. The molecule has 0 amide bonds. The van der Waals surface area contributed by atoms with Gasteiger partial charge in [0, 0.05) is 21.8 Å². The van der Waals surface area contributed by atoms with Gasteiger partial charge >= 0.3 is 0 Å². The lowest BCUT2D eigenvalue weighted by atomic mass is 10.0. The molecule has 0 aliphatic rings. The number of aryl methyl sites for hydroxylation is 1. The lowest BCUT2D eigenvalue weighted by Gasteiger charge is -2.09. The number of nitrogens with two attached hydrogens (primary N) is 1. The van der Waals surface area contributed by atoms with Gasteiger partial charge in [-0.25, -0.2) is 0 Å². The molecule has 0 spiro atoms. The fourth-order valence-corrected chi connectivity index (χ4v) is 2.12. The van der Waals surface area contributed by atoms with Crippen LogP contribution in [-0.4, -0.2) is 4.98 Å². The number of halogens is 1. The van der Waals surface area contributed by atoms with E-state index in [-0.39, 0.29) is 0 Å².